The van der Waals surface area contributed by atoms with Crippen LogP contribution in [0.25, 0.3) is 0 Å². The maximum absolute atomic E-state index is 13.2. The zero-order chi connectivity index (χ0) is 15.0. The molecule has 0 radical (unpaired) electrons. The van der Waals surface area contributed by atoms with Crippen LogP contribution in [0.4, 0.5) is 4.39 Å². The van der Waals surface area contributed by atoms with Crippen molar-refractivity contribution in [1.82, 2.24) is 0 Å². The molecule has 0 amide bonds. The Morgan fingerprint density at radius 1 is 1.05 bits per heavy atom. The summed E-state index contributed by atoms with van der Waals surface area (Å²) in [5, 5.41) is 0. The standard InChI is InChI=1S/C16H15FO3S/c1-11-9-15(7-8-16(11)17)21(18,19)20-14-6-5-12-3-2-4-13(12)10-14/h5-10H,2-4H2,1H3. The number of hydrogen-bond acceptors (Lipinski definition) is 3. The molecule has 0 aromatic heterocycles. The lowest BCUT2D eigenvalue weighted by Crippen LogP contribution is -2.10. The summed E-state index contributed by atoms with van der Waals surface area (Å²) in [4.78, 5) is -0.0399. The Hall–Kier alpha value is -1.88. The summed E-state index contributed by atoms with van der Waals surface area (Å²) in [6.07, 6.45) is 3.06. The highest BCUT2D eigenvalue weighted by Crippen LogP contribution is 2.28. The Labute approximate surface area is 123 Å². The molecule has 0 bridgehead atoms. The topological polar surface area (TPSA) is 43.4 Å². The van der Waals surface area contributed by atoms with Gasteiger partial charge in [0.05, 0.1) is 0 Å². The van der Waals surface area contributed by atoms with Crippen LogP contribution in [0.1, 0.15) is 23.1 Å². The molecule has 0 N–H and O–H groups in total. The second kappa shape index (κ2) is 5.15. The number of rotatable bonds is 3. The zero-order valence-corrected chi connectivity index (χ0v) is 12.4. The van der Waals surface area contributed by atoms with Crippen LogP contribution in [0.15, 0.2) is 41.3 Å². The fourth-order valence-corrected chi connectivity index (χ4v) is 3.56. The normalized spacial score (nSPS) is 14.0. The Kier molecular flexibility index (Phi) is 3.45. The second-order valence-electron chi connectivity index (χ2n) is 5.23. The quantitative estimate of drug-likeness (QED) is 0.816. The van der Waals surface area contributed by atoms with E-state index in [2.05, 4.69) is 0 Å². The molecule has 0 aliphatic heterocycles. The molecule has 1 aliphatic rings. The molecule has 2 aromatic carbocycles. The predicted molar refractivity (Wildman–Crippen MR) is 77.4 cm³/mol. The Bertz CT molecular complexity index is 797. The van der Waals surface area contributed by atoms with Gasteiger partial charge >= 0.3 is 10.1 Å². The number of aryl methyl sites for hydroxylation is 3. The van der Waals surface area contributed by atoms with E-state index in [1.165, 1.54) is 24.6 Å². The maximum atomic E-state index is 13.2. The summed E-state index contributed by atoms with van der Waals surface area (Å²) in [6, 6.07) is 8.97. The molecule has 3 rings (SSSR count). The van der Waals surface area contributed by atoms with Crippen molar-refractivity contribution in [2.75, 3.05) is 0 Å². The molecule has 21 heavy (non-hydrogen) atoms. The van der Waals surface area contributed by atoms with E-state index >= 15 is 0 Å². The first kappa shape index (κ1) is 14.1. The molecule has 110 valence electrons. The minimum atomic E-state index is -3.94. The number of benzene rings is 2. The van der Waals surface area contributed by atoms with Crippen LogP contribution in [0, 0.1) is 12.7 Å². The lowest BCUT2D eigenvalue weighted by Gasteiger charge is -2.09. The van der Waals surface area contributed by atoms with Crippen molar-refractivity contribution < 1.29 is 17.0 Å². The van der Waals surface area contributed by atoms with Gasteiger partial charge in [-0.3, -0.25) is 0 Å². The highest BCUT2D eigenvalue weighted by atomic mass is 32.2. The molecular weight excluding hydrogens is 291 g/mol. The van der Waals surface area contributed by atoms with Crippen LogP contribution in [0.3, 0.4) is 0 Å². The molecule has 0 atom stereocenters. The highest BCUT2D eigenvalue weighted by molar-refractivity contribution is 7.87. The molecule has 1 aliphatic carbocycles. The summed E-state index contributed by atoms with van der Waals surface area (Å²) < 4.78 is 42.8. The van der Waals surface area contributed by atoms with Gasteiger partial charge in [-0.15, -0.1) is 0 Å². The van der Waals surface area contributed by atoms with Crippen LogP contribution in [0.2, 0.25) is 0 Å². The first-order valence-corrected chi connectivity index (χ1v) is 8.19. The van der Waals surface area contributed by atoms with Crippen LogP contribution < -0.4 is 4.18 Å². The molecule has 0 fully saturated rings. The number of fused-ring (bicyclic) bond motifs is 1. The SMILES string of the molecule is Cc1cc(S(=O)(=O)Oc2ccc3c(c2)CCC3)ccc1F. The van der Waals surface area contributed by atoms with Gasteiger partial charge in [-0.05, 0) is 73.2 Å². The van der Waals surface area contributed by atoms with Gasteiger partial charge in [0, 0.05) is 0 Å². The predicted octanol–water partition coefficient (Wildman–Crippen LogP) is 3.39. The number of halogens is 1. The van der Waals surface area contributed by atoms with E-state index in [0.717, 1.165) is 30.9 Å². The highest BCUT2D eigenvalue weighted by Gasteiger charge is 2.19. The van der Waals surface area contributed by atoms with E-state index in [1.54, 1.807) is 12.1 Å². The fraction of sp³-hybridized carbons (Fsp3) is 0.250. The van der Waals surface area contributed by atoms with Gasteiger partial charge in [-0.2, -0.15) is 8.42 Å². The Balaban J connectivity index is 1.90. The lowest BCUT2D eigenvalue weighted by atomic mass is 10.1. The monoisotopic (exact) mass is 306 g/mol. The van der Waals surface area contributed by atoms with E-state index in [4.69, 9.17) is 4.18 Å². The van der Waals surface area contributed by atoms with Crippen molar-refractivity contribution in [1.29, 1.82) is 0 Å². The smallest absolute Gasteiger partial charge is 0.339 e. The van der Waals surface area contributed by atoms with Crippen molar-refractivity contribution >= 4 is 10.1 Å². The molecule has 0 saturated heterocycles. The molecule has 2 aromatic rings. The van der Waals surface area contributed by atoms with E-state index in [9.17, 15) is 12.8 Å². The maximum Gasteiger partial charge on any atom is 0.339 e. The molecule has 0 spiro atoms. The van der Waals surface area contributed by atoms with Crippen LogP contribution >= 0.6 is 0 Å². The molecule has 5 heteroatoms. The molecule has 0 heterocycles. The second-order valence-corrected chi connectivity index (χ2v) is 6.78. The average molecular weight is 306 g/mol. The van der Waals surface area contributed by atoms with Gasteiger partial charge < -0.3 is 4.18 Å². The minimum Gasteiger partial charge on any atom is -0.379 e. The summed E-state index contributed by atoms with van der Waals surface area (Å²) in [5.41, 5.74) is 2.66. The third-order valence-corrected chi connectivity index (χ3v) is 4.94. The third kappa shape index (κ3) is 2.78. The van der Waals surface area contributed by atoms with Crippen molar-refractivity contribution in [2.24, 2.45) is 0 Å². The first-order valence-electron chi connectivity index (χ1n) is 6.78. The van der Waals surface area contributed by atoms with Crippen molar-refractivity contribution in [2.45, 2.75) is 31.1 Å². The third-order valence-electron chi connectivity index (χ3n) is 3.69. The zero-order valence-electron chi connectivity index (χ0n) is 11.6. The summed E-state index contributed by atoms with van der Waals surface area (Å²) in [5.74, 6) is -0.135. The average Bonchev–Trinajstić information content (AvgIpc) is 2.88. The number of hydrogen-bond donors (Lipinski definition) is 0. The summed E-state index contributed by atoms with van der Waals surface area (Å²) in [6.45, 7) is 1.52. The van der Waals surface area contributed by atoms with Gasteiger partial charge in [0.1, 0.15) is 16.5 Å². The van der Waals surface area contributed by atoms with Crippen LogP contribution in [-0.4, -0.2) is 8.42 Å². The summed E-state index contributed by atoms with van der Waals surface area (Å²) in [7, 11) is -3.94. The van der Waals surface area contributed by atoms with E-state index in [1.807, 2.05) is 6.07 Å². The van der Waals surface area contributed by atoms with Gasteiger partial charge in [-0.25, -0.2) is 4.39 Å². The largest absolute Gasteiger partial charge is 0.379 e. The first-order chi connectivity index (χ1) is 9.95. The van der Waals surface area contributed by atoms with Gasteiger partial charge in [0.25, 0.3) is 0 Å². The Morgan fingerprint density at radius 3 is 2.57 bits per heavy atom. The van der Waals surface area contributed by atoms with Crippen molar-refractivity contribution in [3.63, 3.8) is 0 Å². The molecular formula is C16H15FO3S. The van der Waals surface area contributed by atoms with Gasteiger partial charge in [-0.1, -0.05) is 6.07 Å². The van der Waals surface area contributed by atoms with E-state index in [-0.39, 0.29) is 10.5 Å². The van der Waals surface area contributed by atoms with Crippen LogP contribution in [-0.2, 0) is 23.0 Å². The fourth-order valence-electron chi connectivity index (χ4n) is 2.55. The van der Waals surface area contributed by atoms with Crippen molar-refractivity contribution in [3.8, 4) is 5.75 Å². The van der Waals surface area contributed by atoms with Gasteiger partial charge in [0.15, 0.2) is 0 Å². The van der Waals surface area contributed by atoms with Crippen LogP contribution in [0.5, 0.6) is 5.75 Å². The molecule has 0 saturated carbocycles. The summed E-state index contributed by atoms with van der Waals surface area (Å²) >= 11 is 0. The minimum absolute atomic E-state index is 0.0399. The molecule has 0 unspecified atom stereocenters. The van der Waals surface area contributed by atoms with Gasteiger partial charge in [0.2, 0.25) is 0 Å². The van der Waals surface area contributed by atoms with E-state index in [0.29, 0.717) is 5.75 Å². The van der Waals surface area contributed by atoms with E-state index < -0.39 is 15.9 Å². The molecule has 3 nitrogen and oxygen atoms in total. The lowest BCUT2D eigenvalue weighted by molar-refractivity contribution is 0.485. The van der Waals surface area contributed by atoms with Crippen molar-refractivity contribution in [3.05, 3.63) is 58.9 Å². The Morgan fingerprint density at radius 2 is 1.81 bits per heavy atom.